The van der Waals surface area contributed by atoms with E-state index in [0.29, 0.717) is 12.3 Å². The van der Waals surface area contributed by atoms with Crippen molar-refractivity contribution in [2.45, 2.75) is 6.61 Å². The van der Waals surface area contributed by atoms with Gasteiger partial charge in [-0.15, -0.1) is 0 Å². The lowest BCUT2D eigenvalue weighted by Gasteiger charge is -2.08. The van der Waals surface area contributed by atoms with Crippen LogP contribution < -0.4 is 10.8 Å². The molecular weight excluding hydrogens is 240 g/mol. The fourth-order valence-electron chi connectivity index (χ4n) is 1.23. The lowest BCUT2D eigenvalue weighted by molar-refractivity contribution is -0.143. The predicted octanol–water partition coefficient (Wildman–Crippen LogP) is 0.971. The molecule has 0 atom stereocenters. The molecule has 0 aliphatic heterocycles. The van der Waals surface area contributed by atoms with Gasteiger partial charge in [0, 0.05) is 12.8 Å². The SMILES string of the molecule is COCc1cccc(NC(=O)NOCC(=O)O)c1. The number of amides is 2. The van der Waals surface area contributed by atoms with Crippen molar-refractivity contribution >= 4 is 17.7 Å². The van der Waals surface area contributed by atoms with E-state index in [0.717, 1.165) is 5.56 Å². The number of benzene rings is 1. The molecule has 18 heavy (non-hydrogen) atoms. The molecule has 0 saturated carbocycles. The number of anilines is 1. The van der Waals surface area contributed by atoms with Crippen LogP contribution in [0.1, 0.15) is 5.56 Å². The normalized spacial score (nSPS) is 9.83. The molecule has 0 spiro atoms. The smallest absolute Gasteiger partial charge is 0.343 e. The maximum absolute atomic E-state index is 11.3. The van der Waals surface area contributed by atoms with Gasteiger partial charge in [-0.1, -0.05) is 12.1 Å². The monoisotopic (exact) mass is 254 g/mol. The van der Waals surface area contributed by atoms with Crippen molar-refractivity contribution in [1.29, 1.82) is 0 Å². The average molecular weight is 254 g/mol. The number of carboxylic acid groups (broad SMARTS) is 1. The molecule has 2 amide bonds. The van der Waals surface area contributed by atoms with Gasteiger partial charge in [-0.2, -0.15) is 0 Å². The minimum absolute atomic E-state index is 0.437. The van der Waals surface area contributed by atoms with Gasteiger partial charge in [0.15, 0.2) is 6.61 Å². The van der Waals surface area contributed by atoms with Crippen LogP contribution in [-0.2, 0) is 21.0 Å². The van der Waals surface area contributed by atoms with Gasteiger partial charge in [0.25, 0.3) is 0 Å². The topological polar surface area (TPSA) is 96.9 Å². The summed E-state index contributed by atoms with van der Waals surface area (Å²) in [5.74, 6) is -1.17. The first-order chi connectivity index (χ1) is 8.61. The molecule has 0 bridgehead atoms. The lowest BCUT2D eigenvalue weighted by atomic mass is 10.2. The summed E-state index contributed by atoms with van der Waals surface area (Å²) >= 11 is 0. The highest BCUT2D eigenvalue weighted by Gasteiger charge is 2.03. The van der Waals surface area contributed by atoms with E-state index >= 15 is 0 Å². The Morgan fingerprint density at radius 2 is 2.17 bits per heavy atom. The number of hydroxylamine groups is 1. The molecule has 0 unspecified atom stereocenters. The number of hydrogen-bond acceptors (Lipinski definition) is 4. The van der Waals surface area contributed by atoms with E-state index in [1.165, 1.54) is 0 Å². The summed E-state index contributed by atoms with van der Waals surface area (Å²) in [6, 6.07) is 6.40. The molecule has 98 valence electrons. The highest BCUT2D eigenvalue weighted by Crippen LogP contribution is 2.11. The highest BCUT2D eigenvalue weighted by molar-refractivity contribution is 5.88. The Morgan fingerprint density at radius 3 is 2.83 bits per heavy atom. The summed E-state index contributed by atoms with van der Waals surface area (Å²) in [4.78, 5) is 25.9. The van der Waals surface area contributed by atoms with E-state index in [9.17, 15) is 9.59 Å². The summed E-state index contributed by atoms with van der Waals surface area (Å²) in [5.41, 5.74) is 3.41. The number of urea groups is 1. The first-order valence-electron chi connectivity index (χ1n) is 5.10. The number of carboxylic acids is 1. The highest BCUT2D eigenvalue weighted by atomic mass is 16.7. The van der Waals surface area contributed by atoms with Crippen LogP contribution in [0.5, 0.6) is 0 Å². The molecular formula is C11H14N2O5. The minimum atomic E-state index is -1.17. The van der Waals surface area contributed by atoms with Gasteiger partial charge in [0.2, 0.25) is 0 Å². The van der Waals surface area contributed by atoms with Gasteiger partial charge in [-0.25, -0.2) is 15.1 Å². The number of aliphatic carboxylic acids is 1. The second-order valence-corrected chi connectivity index (χ2v) is 3.37. The molecule has 0 radical (unpaired) electrons. The summed E-state index contributed by atoms with van der Waals surface area (Å²) < 4.78 is 4.96. The number of carbonyl (C=O) groups excluding carboxylic acids is 1. The van der Waals surface area contributed by atoms with Crippen molar-refractivity contribution in [2.24, 2.45) is 0 Å². The number of nitrogens with one attached hydrogen (secondary N) is 2. The van der Waals surface area contributed by atoms with Crippen LogP contribution in [0.2, 0.25) is 0 Å². The van der Waals surface area contributed by atoms with Crippen molar-refractivity contribution in [3.8, 4) is 0 Å². The van der Waals surface area contributed by atoms with Crippen molar-refractivity contribution in [3.05, 3.63) is 29.8 Å². The van der Waals surface area contributed by atoms with Crippen LogP contribution in [-0.4, -0.2) is 30.8 Å². The minimum Gasteiger partial charge on any atom is -0.479 e. The van der Waals surface area contributed by atoms with Crippen LogP contribution in [0, 0.1) is 0 Å². The number of ether oxygens (including phenoxy) is 1. The Balaban J connectivity index is 2.43. The van der Waals surface area contributed by atoms with Crippen molar-refractivity contribution in [2.75, 3.05) is 19.0 Å². The predicted molar refractivity (Wildman–Crippen MR) is 62.9 cm³/mol. The summed E-state index contributed by atoms with van der Waals surface area (Å²) in [5, 5.41) is 10.8. The first kappa shape index (κ1) is 13.9. The Hall–Kier alpha value is -2.12. The van der Waals surface area contributed by atoms with Crippen molar-refractivity contribution in [3.63, 3.8) is 0 Å². The second-order valence-electron chi connectivity index (χ2n) is 3.37. The van der Waals surface area contributed by atoms with Crippen LogP contribution in [0.25, 0.3) is 0 Å². The molecule has 1 aromatic carbocycles. The zero-order valence-corrected chi connectivity index (χ0v) is 9.80. The van der Waals surface area contributed by atoms with Gasteiger partial charge < -0.3 is 15.2 Å². The largest absolute Gasteiger partial charge is 0.479 e. The van der Waals surface area contributed by atoms with Crippen LogP contribution in [0.15, 0.2) is 24.3 Å². The fourth-order valence-corrected chi connectivity index (χ4v) is 1.23. The number of methoxy groups -OCH3 is 1. The second kappa shape index (κ2) is 7.25. The zero-order valence-electron chi connectivity index (χ0n) is 9.80. The third-order valence-electron chi connectivity index (χ3n) is 1.86. The van der Waals surface area contributed by atoms with E-state index in [-0.39, 0.29) is 0 Å². The van der Waals surface area contributed by atoms with Gasteiger partial charge in [0.1, 0.15) is 0 Å². The molecule has 0 fully saturated rings. The maximum Gasteiger partial charge on any atom is 0.343 e. The summed E-state index contributed by atoms with van der Waals surface area (Å²) in [7, 11) is 1.58. The van der Waals surface area contributed by atoms with E-state index in [2.05, 4.69) is 10.2 Å². The van der Waals surface area contributed by atoms with Crippen LogP contribution in [0.4, 0.5) is 10.5 Å². The van der Waals surface area contributed by atoms with E-state index < -0.39 is 18.6 Å². The standard InChI is InChI=1S/C11H14N2O5/c1-17-6-8-3-2-4-9(5-8)12-11(16)13-18-7-10(14)15/h2-5H,6-7H2,1H3,(H,14,15)(H2,12,13,16). The van der Waals surface area contributed by atoms with E-state index in [4.69, 9.17) is 9.84 Å². The molecule has 0 heterocycles. The Morgan fingerprint density at radius 1 is 1.39 bits per heavy atom. The Bertz CT molecular complexity index is 422. The molecule has 0 aromatic heterocycles. The average Bonchev–Trinajstić information content (AvgIpc) is 2.29. The maximum atomic E-state index is 11.3. The zero-order chi connectivity index (χ0) is 13.4. The Kier molecular flexibility index (Phi) is 5.62. The third-order valence-corrected chi connectivity index (χ3v) is 1.86. The number of rotatable bonds is 6. The third kappa shape index (κ3) is 5.28. The van der Waals surface area contributed by atoms with Crippen molar-refractivity contribution < 1.29 is 24.3 Å². The van der Waals surface area contributed by atoms with E-state index in [1.807, 2.05) is 11.5 Å². The molecule has 0 aliphatic rings. The molecule has 0 saturated heterocycles. The molecule has 7 nitrogen and oxygen atoms in total. The molecule has 1 aromatic rings. The Labute approximate surface area is 104 Å². The molecule has 0 aliphatic carbocycles. The van der Waals surface area contributed by atoms with Gasteiger partial charge in [-0.3, -0.25) is 4.84 Å². The molecule has 7 heteroatoms. The van der Waals surface area contributed by atoms with E-state index in [1.54, 1.807) is 25.3 Å². The number of carbonyl (C=O) groups is 2. The summed E-state index contributed by atoms with van der Waals surface area (Å²) in [6.07, 6.45) is 0. The van der Waals surface area contributed by atoms with Gasteiger partial charge >= 0.3 is 12.0 Å². The summed E-state index contributed by atoms with van der Waals surface area (Å²) in [6.45, 7) is -0.163. The fraction of sp³-hybridized carbons (Fsp3) is 0.273. The van der Waals surface area contributed by atoms with Gasteiger partial charge in [0.05, 0.1) is 6.61 Å². The van der Waals surface area contributed by atoms with Crippen LogP contribution >= 0.6 is 0 Å². The molecule has 1 rings (SSSR count). The quantitative estimate of drug-likeness (QED) is 0.657. The molecule has 3 N–H and O–H groups in total. The first-order valence-corrected chi connectivity index (χ1v) is 5.10. The van der Waals surface area contributed by atoms with Crippen LogP contribution in [0.3, 0.4) is 0 Å². The lowest BCUT2D eigenvalue weighted by Crippen LogP contribution is -2.30. The van der Waals surface area contributed by atoms with Crippen molar-refractivity contribution in [1.82, 2.24) is 5.48 Å². The number of hydrogen-bond donors (Lipinski definition) is 3. The van der Waals surface area contributed by atoms with Gasteiger partial charge in [-0.05, 0) is 17.7 Å².